The summed E-state index contributed by atoms with van der Waals surface area (Å²) in [6.07, 6.45) is 2.54. The van der Waals surface area contributed by atoms with Crippen molar-refractivity contribution in [3.05, 3.63) is 113 Å². The zero-order valence-corrected chi connectivity index (χ0v) is 18.5. The minimum atomic E-state index is -4.35. The van der Waals surface area contributed by atoms with Gasteiger partial charge in [-0.3, -0.25) is 0 Å². The first-order valence-electron chi connectivity index (χ1n) is 10.5. The number of hydrogen-bond acceptors (Lipinski definition) is 2. The molecule has 0 saturated heterocycles. The van der Waals surface area contributed by atoms with Gasteiger partial charge in [0.1, 0.15) is 6.26 Å². The van der Waals surface area contributed by atoms with Crippen LogP contribution < -0.4 is 0 Å². The van der Waals surface area contributed by atoms with Crippen LogP contribution in [0.25, 0.3) is 34.2 Å². The zero-order valence-electron chi connectivity index (χ0n) is 17.8. The quantitative estimate of drug-likeness (QED) is 0.255. The van der Waals surface area contributed by atoms with E-state index in [0.717, 1.165) is 39.9 Å². The second kappa shape index (κ2) is 8.88. The Morgan fingerprint density at radius 3 is 2.35 bits per heavy atom. The third kappa shape index (κ3) is 4.77. The van der Waals surface area contributed by atoms with Gasteiger partial charge in [-0.2, -0.15) is 13.2 Å². The standard InChI is InChI=1S/C27H18ClF3N2O/c28-23-9-4-19(5-10-23)20-6-11-25-21(15-20)13-14-33(25)16-24-17-34-26(32-24)12-3-18-1-7-22(8-2-18)27(29,30)31/h1-15,17H,16H2. The van der Waals surface area contributed by atoms with Crippen molar-refractivity contribution >= 4 is 34.7 Å². The third-order valence-corrected chi connectivity index (χ3v) is 5.76. The van der Waals surface area contributed by atoms with E-state index in [1.807, 2.05) is 30.5 Å². The molecule has 0 saturated carbocycles. The van der Waals surface area contributed by atoms with Crippen LogP contribution in [-0.2, 0) is 12.7 Å². The Hall–Kier alpha value is -3.77. The molecule has 7 heteroatoms. The van der Waals surface area contributed by atoms with Gasteiger partial charge in [0.2, 0.25) is 5.89 Å². The van der Waals surface area contributed by atoms with Gasteiger partial charge in [0.05, 0.1) is 17.8 Å². The van der Waals surface area contributed by atoms with E-state index in [-0.39, 0.29) is 0 Å². The number of halogens is 4. The predicted octanol–water partition coefficient (Wildman–Crippen LogP) is 8.19. The molecule has 0 N–H and O–H groups in total. The normalized spacial score (nSPS) is 12.1. The molecule has 0 radical (unpaired) electrons. The summed E-state index contributed by atoms with van der Waals surface area (Å²) in [4.78, 5) is 4.47. The Labute approximate surface area is 198 Å². The lowest BCUT2D eigenvalue weighted by Crippen LogP contribution is -2.03. The summed E-state index contributed by atoms with van der Waals surface area (Å²) in [6, 6.07) is 21.0. The molecule has 34 heavy (non-hydrogen) atoms. The number of rotatable bonds is 5. The molecule has 3 aromatic carbocycles. The fourth-order valence-corrected chi connectivity index (χ4v) is 3.88. The van der Waals surface area contributed by atoms with Gasteiger partial charge < -0.3 is 8.98 Å². The van der Waals surface area contributed by atoms with Crippen LogP contribution in [0.15, 0.2) is 89.7 Å². The molecule has 0 amide bonds. The average molecular weight is 479 g/mol. The Kier molecular flexibility index (Phi) is 5.75. The molecule has 0 unspecified atom stereocenters. The van der Waals surface area contributed by atoms with Gasteiger partial charge in [0, 0.05) is 28.2 Å². The lowest BCUT2D eigenvalue weighted by atomic mass is 10.0. The number of oxazole rings is 1. The molecule has 0 fully saturated rings. The Balaban J connectivity index is 1.30. The van der Waals surface area contributed by atoms with E-state index in [9.17, 15) is 13.2 Å². The highest BCUT2D eigenvalue weighted by atomic mass is 35.5. The molecule has 0 aliphatic heterocycles. The second-order valence-electron chi connectivity index (χ2n) is 7.85. The Bertz CT molecular complexity index is 1460. The van der Waals surface area contributed by atoms with Crippen molar-refractivity contribution in [1.29, 1.82) is 0 Å². The van der Waals surface area contributed by atoms with Crippen molar-refractivity contribution in [2.45, 2.75) is 12.7 Å². The molecule has 0 aliphatic rings. The first kappa shape index (κ1) is 22.0. The maximum absolute atomic E-state index is 12.7. The van der Waals surface area contributed by atoms with Crippen molar-refractivity contribution < 1.29 is 17.6 Å². The Morgan fingerprint density at radius 1 is 0.882 bits per heavy atom. The van der Waals surface area contributed by atoms with Crippen LogP contribution in [0.4, 0.5) is 13.2 Å². The van der Waals surface area contributed by atoms with Crippen molar-refractivity contribution in [2.75, 3.05) is 0 Å². The minimum Gasteiger partial charge on any atom is -0.445 e. The summed E-state index contributed by atoms with van der Waals surface area (Å²) >= 11 is 5.99. The molecular weight excluding hydrogens is 461 g/mol. The maximum Gasteiger partial charge on any atom is 0.416 e. The van der Waals surface area contributed by atoms with E-state index >= 15 is 0 Å². The lowest BCUT2D eigenvalue weighted by Gasteiger charge is -2.05. The number of aromatic nitrogens is 2. The van der Waals surface area contributed by atoms with Gasteiger partial charge in [0.25, 0.3) is 0 Å². The van der Waals surface area contributed by atoms with Gasteiger partial charge >= 0.3 is 6.18 Å². The predicted molar refractivity (Wildman–Crippen MR) is 128 cm³/mol. The number of benzene rings is 3. The van der Waals surface area contributed by atoms with Crippen LogP contribution in [-0.4, -0.2) is 9.55 Å². The molecule has 3 nitrogen and oxygen atoms in total. The van der Waals surface area contributed by atoms with E-state index in [1.165, 1.54) is 12.1 Å². The summed E-state index contributed by atoms with van der Waals surface area (Å²) in [5.41, 5.74) is 3.97. The molecule has 5 rings (SSSR count). The highest BCUT2D eigenvalue weighted by Crippen LogP contribution is 2.29. The lowest BCUT2D eigenvalue weighted by molar-refractivity contribution is -0.137. The van der Waals surface area contributed by atoms with E-state index in [2.05, 4.69) is 33.8 Å². The number of hydrogen-bond donors (Lipinski definition) is 0. The first-order valence-corrected chi connectivity index (χ1v) is 10.9. The maximum atomic E-state index is 12.7. The van der Waals surface area contributed by atoms with E-state index in [1.54, 1.807) is 18.4 Å². The second-order valence-corrected chi connectivity index (χ2v) is 8.29. The van der Waals surface area contributed by atoms with Gasteiger partial charge in [0.15, 0.2) is 0 Å². The zero-order chi connectivity index (χ0) is 23.7. The topological polar surface area (TPSA) is 31.0 Å². The van der Waals surface area contributed by atoms with Crippen molar-refractivity contribution in [3.8, 4) is 11.1 Å². The summed E-state index contributed by atoms with van der Waals surface area (Å²) in [5, 5.41) is 1.82. The summed E-state index contributed by atoms with van der Waals surface area (Å²) in [6.45, 7) is 0.529. The van der Waals surface area contributed by atoms with E-state index < -0.39 is 11.7 Å². The number of fused-ring (bicyclic) bond motifs is 1. The third-order valence-electron chi connectivity index (χ3n) is 5.51. The number of alkyl halides is 3. The molecule has 170 valence electrons. The molecule has 0 atom stereocenters. The first-order chi connectivity index (χ1) is 16.3. The van der Waals surface area contributed by atoms with Crippen LogP contribution in [0, 0.1) is 0 Å². The van der Waals surface area contributed by atoms with Crippen LogP contribution in [0.1, 0.15) is 22.7 Å². The van der Waals surface area contributed by atoms with Crippen LogP contribution in [0.2, 0.25) is 5.02 Å². The fourth-order valence-electron chi connectivity index (χ4n) is 3.76. The average Bonchev–Trinajstić information content (AvgIpc) is 3.45. The molecule has 0 spiro atoms. The van der Waals surface area contributed by atoms with Crippen LogP contribution in [0.3, 0.4) is 0 Å². The Morgan fingerprint density at radius 2 is 1.62 bits per heavy atom. The SMILES string of the molecule is FC(F)(F)c1ccc(C=Cc2nc(Cn3ccc4cc(-c5ccc(Cl)cc5)ccc43)co2)cc1. The van der Waals surface area contributed by atoms with Gasteiger partial charge in [-0.05, 0) is 65.2 Å². The van der Waals surface area contributed by atoms with Crippen molar-refractivity contribution in [2.24, 2.45) is 0 Å². The fraction of sp³-hybridized carbons (Fsp3) is 0.0741. The van der Waals surface area contributed by atoms with E-state index in [0.29, 0.717) is 23.0 Å². The molecular formula is C27H18ClF3N2O. The summed E-state index contributed by atoms with van der Waals surface area (Å²) in [7, 11) is 0. The molecule has 2 heterocycles. The number of nitrogens with zero attached hydrogens (tertiary/aromatic N) is 2. The van der Waals surface area contributed by atoms with Crippen LogP contribution >= 0.6 is 11.6 Å². The smallest absolute Gasteiger partial charge is 0.416 e. The van der Waals surface area contributed by atoms with Crippen molar-refractivity contribution in [3.63, 3.8) is 0 Å². The monoisotopic (exact) mass is 478 g/mol. The molecule has 0 aliphatic carbocycles. The van der Waals surface area contributed by atoms with Gasteiger partial charge in [-0.1, -0.05) is 41.9 Å². The highest BCUT2D eigenvalue weighted by molar-refractivity contribution is 6.30. The van der Waals surface area contributed by atoms with Gasteiger partial charge in [-0.15, -0.1) is 0 Å². The summed E-state index contributed by atoms with van der Waals surface area (Å²) < 4.78 is 45.7. The van der Waals surface area contributed by atoms with Crippen LogP contribution in [0.5, 0.6) is 0 Å². The largest absolute Gasteiger partial charge is 0.445 e. The van der Waals surface area contributed by atoms with E-state index in [4.69, 9.17) is 16.0 Å². The molecule has 0 bridgehead atoms. The van der Waals surface area contributed by atoms with Gasteiger partial charge in [-0.25, -0.2) is 4.98 Å². The summed E-state index contributed by atoms with van der Waals surface area (Å²) in [5.74, 6) is 0.386. The minimum absolute atomic E-state index is 0.386. The molecule has 5 aromatic rings. The molecule has 2 aromatic heterocycles. The van der Waals surface area contributed by atoms with Crippen molar-refractivity contribution in [1.82, 2.24) is 9.55 Å². The highest BCUT2D eigenvalue weighted by Gasteiger charge is 2.29.